The molecule has 0 aromatic rings. The molecule has 1 heterocycles. The average Bonchev–Trinajstić information content (AvgIpc) is 2.76. The van der Waals surface area contributed by atoms with E-state index in [9.17, 15) is 9.59 Å². The summed E-state index contributed by atoms with van der Waals surface area (Å²) < 4.78 is 5.47. The van der Waals surface area contributed by atoms with E-state index in [0.717, 1.165) is 32.3 Å². The number of aliphatic carboxylic acids is 1. The summed E-state index contributed by atoms with van der Waals surface area (Å²) in [7, 11) is 0. The summed E-state index contributed by atoms with van der Waals surface area (Å²) in [5.74, 6) is -1.06. The number of hydrogen-bond donors (Lipinski definition) is 3. The van der Waals surface area contributed by atoms with Crippen LogP contribution in [0.15, 0.2) is 0 Å². The van der Waals surface area contributed by atoms with Crippen molar-refractivity contribution in [2.45, 2.75) is 51.2 Å². The summed E-state index contributed by atoms with van der Waals surface area (Å²) in [5, 5.41) is 13.9. The number of hydrogen-bond acceptors (Lipinski definition) is 3. The summed E-state index contributed by atoms with van der Waals surface area (Å²) >= 11 is 0. The minimum Gasteiger partial charge on any atom is -0.480 e. The zero-order chi connectivity index (χ0) is 13.6. The Balaban J connectivity index is 2.11. The first-order valence-electron chi connectivity index (χ1n) is 6.33. The Bertz CT molecular complexity index is 298. The van der Waals surface area contributed by atoms with E-state index in [0.29, 0.717) is 12.6 Å². The molecule has 1 unspecified atom stereocenters. The van der Waals surface area contributed by atoms with Crippen LogP contribution >= 0.6 is 0 Å². The van der Waals surface area contributed by atoms with Crippen molar-refractivity contribution in [1.82, 2.24) is 10.6 Å². The van der Waals surface area contributed by atoms with Gasteiger partial charge in [-0.25, -0.2) is 9.59 Å². The number of carboxylic acid groups (broad SMARTS) is 1. The third-order valence-corrected chi connectivity index (χ3v) is 2.97. The molecule has 0 bridgehead atoms. The van der Waals surface area contributed by atoms with Crippen LogP contribution in [0.3, 0.4) is 0 Å². The second-order valence-corrected chi connectivity index (χ2v) is 5.09. The second-order valence-electron chi connectivity index (χ2n) is 5.09. The lowest BCUT2D eigenvalue weighted by Crippen LogP contribution is -2.53. The SMILES string of the molecule is CC(C)(NC(=O)NCCCC1CCCO1)C(=O)O. The standard InChI is InChI=1S/C12H22N2O4/c1-12(2,10(15)16)14-11(17)13-7-3-5-9-6-4-8-18-9/h9H,3-8H2,1-2H3,(H,15,16)(H2,13,14,17). The lowest BCUT2D eigenvalue weighted by atomic mass is 10.1. The molecule has 104 valence electrons. The van der Waals surface area contributed by atoms with Crippen LogP contribution < -0.4 is 10.6 Å². The fourth-order valence-electron chi connectivity index (χ4n) is 1.79. The average molecular weight is 258 g/mol. The van der Waals surface area contributed by atoms with Gasteiger partial charge in [0.2, 0.25) is 0 Å². The van der Waals surface area contributed by atoms with E-state index in [-0.39, 0.29) is 0 Å². The van der Waals surface area contributed by atoms with E-state index >= 15 is 0 Å². The van der Waals surface area contributed by atoms with Crippen LogP contribution in [0.1, 0.15) is 39.5 Å². The van der Waals surface area contributed by atoms with Crippen LogP contribution in [-0.4, -0.2) is 41.9 Å². The lowest BCUT2D eigenvalue weighted by Gasteiger charge is -2.21. The molecule has 0 aromatic carbocycles. The smallest absolute Gasteiger partial charge is 0.328 e. The van der Waals surface area contributed by atoms with Crippen molar-refractivity contribution in [2.75, 3.05) is 13.2 Å². The predicted octanol–water partition coefficient (Wildman–Crippen LogP) is 1.11. The van der Waals surface area contributed by atoms with E-state index in [1.54, 1.807) is 0 Å². The zero-order valence-electron chi connectivity index (χ0n) is 11.0. The molecule has 0 radical (unpaired) electrons. The van der Waals surface area contributed by atoms with Crippen molar-refractivity contribution < 1.29 is 19.4 Å². The highest BCUT2D eigenvalue weighted by Gasteiger charge is 2.28. The molecule has 1 aliphatic heterocycles. The summed E-state index contributed by atoms with van der Waals surface area (Å²) in [6.45, 7) is 4.26. The van der Waals surface area contributed by atoms with E-state index in [4.69, 9.17) is 9.84 Å². The molecular formula is C12H22N2O4. The fraction of sp³-hybridized carbons (Fsp3) is 0.833. The van der Waals surface area contributed by atoms with Crippen LogP contribution in [0.25, 0.3) is 0 Å². The van der Waals surface area contributed by atoms with Crippen LogP contribution in [0.2, 0.25) is 0 Å². The molecule has 1 fully saturated rings. The normalized spacial score (nSPS) is 19.6. The summed E-state index contributed by atoms with van der Waals surface area (Å²) in [4.78, 5) is 22.2. The van der Waals surface area contributed by atoms with E-state index < -0.39 is 17.5 Å². The van der Waals surface area contributed by atoms with Gasteiger partial charge in [-0.2, -0.15) is 0 Å². The second kappa shape index (κ2) is 6.58. The Morgan fingerprint density at radius 3 is 2.72 bits per heavy atom. The maximum absolute atomic E-state index is 11.4. The van der Waals surface area contributed by atoms with Gasteiger partial charge in [0, 0.05) is 13.2 Å². The Morgan fingerprint density at radius 1 is 1.44 bits per heavy atom. The largest absolute Gasteiger partial charge is 0.480 e. The molecular weight excluding hydrogens is 236 g/mol. The van der Waals surface area contributed by atoms with Gasteiger partial charge in [0.1, 0.15) is 5.54 Å². The molecule has 3 N–H and O–H groups in total. The van der Waals surface area contributed by atoms with Crippen LogP contribution in [-0.2, 0) is 9.53 Å². The molecule has 6 heteroatoms. The molecule has 0 saturated carbocycles. The van der Waals surface area contributed by atoms with Gasteiger partial charge in [-0.05, 0) is 39.5 Å². The maximum Gasteiger partial charge on any atom is 0.328 e. The Kier molecular flexibility index (Phi) is 5.40. The fourth-order valence-corrected chi connectivity index (χ4v) is 1.79. The Labute approximate surface area is 107 Å². The molecule has 1 saturated heterocycles. The van der Waals surface area contributed by atoms with Gasteiger partial charge >= 0.3 is 12.0 Å². The molecule has 0 aromatic heterocycles. The molecule has 18 heavy (non-hydrogen) atoms. The maximum atomic E-state index is 11.4. The minimum atomic E-state index is -1.25. The Morgan fingerprint density at radius 2 is 2.17 bits per heavy atom. The number of carbonyl (C=O) groups excluding carboxylic acids is 1. The first-order chi connectivity index (χ1) is 8.42. The Hall–Kier alpha value is -1.30. The van der Waals surface area contributed by atoms with Crippen molar-refractivity contribution in [1.29, 1.82) is 0 Å². The van der Waals surface area contributed by atoms with Crippen LogP contribution in [0, 0.1) is 0 Å². The number of nitrogens with one attached hydrogen (secondary N) is 2. The molecule has 0 spiro atoms. The van der Waals surface area contributed by atoms with Crippen LogP contribution in [0.5, 0.6) is 0 Å². The van der Waals surface area contributed by atoms with Gasteiger partial charge in [0.15, 0.2) is 0 Å². The number of rotatable bonds is 6. The molecule has 0 aliphatic carbocycles. The summed E-state index contributed by atoms with van der Waals surface area (Å²) in [5.41, 5.74) is -1.25. The first-order valence-corrected chi connectivity index (χ1v) is 6.33. The number of urea groups is 1. The number of carbonyl (C=O) groups is 2. The highest BCUT2D eigenvalue weighted by Crippen LogP contribution is 2.16. The van der Waals surface area contributed by atoms with Gasteiger partial charge in [0.05, 0.1) is 6.10 Å². The van der Waals surface area contributed by atoms with E-state index in [1.165, 1.54) is 13.8 Å². The number of amides is 2. The zero-order valence-corrected chi connectivity index (χ0v) is 11.0. The van der Waals surface area contributed by atoms with Crippen LogP contribution in [0.4, 0.5) is 4.79 Å². The first kappa shape index (κ1) is 14.8. The number of ether oxygens (including phenoxy) is 1. The van der Waals surface area contributed by atoms with Crippen molar-refractivity contribution in [3.05, 3.63) is 0 Å². The van der Waals surface area contributed by atoms with E-state index in [2.05, 4.69) is 10.6 Å². The van der Waals surface area contributed by atoms with E-state index in [1.807, 2.05) is 0 Å². The van der Waals surface area contributed by atoms with Gasteiger partial charge < -0.3 is 20.5 Å². The predicted molar refractivity (Wildman–Crippen MR) is 66.5 cm³/mol. The third-order valence-electron chi connectivity index (χ3n) is 2.97. The highest BCUT2D eigenvalue weighted by atomic mass is 16.5. The van der Waals surface area contributed by atoms with Crippen molar-refractivity contribution in [3.8, 4) is 0 Å². The third kappa shape index (κ3) is 4.91. The summed E-state index contributed by atoms with van der Waals surface area (Å²) in [6, 6.07) is -0.449. The molecule has 1 rings (SSSR count). The summed E-state index contributed by atoms with van der Waals surface area (Å²) in [6.07, 6.45) is 4.31. The molecule has 1 aliphatic rings. The van der Waals surface area contributed by atoms with Gasteiger partial charge in [-0.15, -0.1) is 0 Å². The van der Waals surface area contributed by atoms with Gasteiger partial charge in [-0.3, -0.25) is 0 Å². The molecule has 2 amide bonds. The molecule has 6 nitrogen and oxygen atoms in total. The van der Waals surface area contributed by atoms with Gasteiger partial charge in [-0.1, -0.05) is 0 Å². The molecule has 1 atom stereocenters. The quantitative estimate of drug-likeness (QED) is 0.623. The van der Waals surface area contributed by atoms with Gasteiger partial charge in [0.25, 0.3) is 0 Å². The lowest BCUT2D eigenvalue weighted by molar-refractivity contribution is -0.142. The van der Waals surface area contributed by atoms with Crippen molar-refractivity contribution in [3.63, 3.8) is 0 Å². The topological polar surface area (TPSA) is 87.7 Å². The van der Waals surface area contributed by atoms with Crippen molar-refractivity contribution >= 4 is 12.0 Å². The highest BCUT2D eigenvalue weighted by molar-refractivity contribution is 5.85. The van der Waals surface area contributed by atoms with Crippen molar-refractivity contribution in [2.24, 2.45) is 0 Å². The number of carboxylic acids is 1. The monoisotopic (exact) mass is 258 g/mol. The minimum absolute atomic E-state index is 0.324.